The van der Waals surface area contributed by atoms with E-state index < -0.39 is 5.91 Å². The lowest BCUT2D eigenvalue weighted by Gasteiger charge is -2.18. The minimum Gasteiger partial charge on any atom is -0.511 e. The average molecular weight is 341 g/mol. The first-order valence-corrected chi connectivity index (χ1v) is 7.81. The van der Waals surface area contributed by atoms with Crippen molar-refractivity contribution in [2.24, 2.45) is 0 Å². The maximum Gasteiger partial charge on any atom is 0.262 e. The van der Waals surface area contributed by atoms with Gasteiger partial charge in [0, 0.05) is 36.1 Å². The lowest BCUT2D eigenvalue weighted by atomic mass is 10.1. The van der Waals surface area contributed by atoms with Gasteiger partial charge >= 0.3 is 0 Å². The molecule has 24 heavy (non-hydrogen) atoms. The number of halogens is 1. The fraction of sp³-hybridized carbons (Fsp3) is 0.118. The number of benzene rings is 1. The van der Waals surface area contributed by atoms with E-state index in [-0.39, 0.29) is 11.3 Å². The van der Waals surface area contributed by atoms with Gasteiger partial charge in [-0.25, -0.2) is 4.98 Å². The van der Waals surface area contributed by atoms with E-state index in [1.165, 1.54) is 0 Å². The lowest BCUT2D eigenvalue weighted by Crippen LogP contribution is -2.22. The molecule has 0 radical (unpaired) electrons. The number of carbonyl (C=O) groups is 1. The van der Waals surface area contributed by atoms with Crippen molar-refractivity contribution in [3.05, 3.63) is 59.3 Å². The van der Waals surface area contributed by atoms with Gasteiger partial charge in [-0.15, -0.1) is 0 Å². The van der Waals surface area contributed by atoms with Crippen molar-refractivity contribution in [2.45, 2.75) is 13.0 Å². The SMILES string of the molecule is O=C(Nc1ccncc1)C1=C(O)CCn2c1nc1cc(Cl)ccc12. The van der Waals surface area contributed by atoms with Gasteiger partial charge in [0.2, 0.25) is 0 Å². The molecule has 3 heterocycles. The lowest BCUT2D eigenvalue weighted by molar-refractivity contribution is -0.111. The molecule has 1 aromatic carbocycles. The predicted octanol–water partition coefficient (Wildman–Crippen LogP) is 3.40. The zero-order valence-corrected chi connectivity index (χ0v) is 13.3. The number of rotatable bonds is 2. The molecule has 0 spiro atoms. The van der Waals surface area contributed by atoms with Crippen LogP contribution in [0.4, 0.5) is 5.69 Å². The monoisotopic (exact) mass is 340 g/mol. The number of anilines is 1. The quantitative estimate of drug-likeness (QED) is 0.749. The summed E-state index contributed by atoms with van der Waals surface area (Å²) in [6.45, 7) is 0.561. The fourth-order valence-corrected chi connectivity index (χ4v) is 3.02. The number of nitrogens with one attached hydrogen (secondary N) is 1. The maximum atomic E-state index is 12.7. The van der Waals surface area contributed by atoms with E-state index in [0.29, 0.717) is 35.0 Å². The molecule has 1 aliphatic rings. The van der Waals surface area contributed by atoms with E-state index in [0.717, 1.165) is 5.52 Å². The van der Waals surface area contributed by atoms with Gasteiger partial charge in [-0.3, -0.25) is 9.78 Å². The van der Waals surface area contributed by atoms with Gasteiger partial charge in [-0.2, -0.15) is 0 Å². The van der Waals surface area contributed by atoms with E-state index >= 15 is 0 Å². The summed E-state index contributed by atoms with van der Waals surface area (Å²) in [4.78, 5) is 21.1. The van der Waals surface area contributed by atoms with Crippen LogP contribution in [0.2, 0.25) is 5.02 Å². The van der Waals surface area contributed by atoms with Crippen molar-refractivity contribution in [3.63, 3.8) is 0 Å². The molecular formula is C17H13ClN4O2. The summed E-state index contributed by atoms with van der Waals surface area (Å²) in [6.07, 6.45) is 3.55. The second kappa shape index (κ2) is 5.65. The van der Waals surface area contributed by atoms with Crippen molar-refractivity contribution in [1.29, 1.82) is 0 Å². The number of pyridine rings is 1. The number of hydrogen-bond donors (Lipinski definition) is 2. The zero-order chi connectivity index (χ0) is 16.7. The zero-order valence-electron chi connectivity index (χ0n) is 12.5. The Morgan fingerprint density at radius 3 is 2.83 bits per heavy atom. The number of hydrogen-bond acceptors (Lipinski definition) is 4. The smallest absolute Gasteiger partial charge is 0.262 e. The van der Waals surface area contributed by atoms with Crippen molar-refractivity contribution in [1.82, 2.24) is 14.5 Å². The van der Waals surface area contributed by atoms with Crippen molar-refractivity contribution >= 4 is 39.8 Å². The van der Waals surface area contributed by atoms with Crippen LogP contribution < -0.4 is 5.32 Å². The Kier molecular flexibility index (Phi) is 3.46. The topological polar surface area (TPSA) is 80.0 Å². The van der Waals surface area contributed by atoms with E-state index in [1.54, 1.807) is 36.7 Å². The van der Waals surface area contributed by atoms with Crippen LogP contribution in [0.3, 0.4) is 0 Å². The minimum atomic E-state index is -0.402. The van der Waals surface area contributed by atoms with Gasteiger partial charge in [-0.05, 0) is 30.3 Å². The van der Waals surface area contributed by atoms with E-state index in [1.807, 2.05) is 10.6 Å². The number of aliphatic hydroxyl groups is 1. The number of imidazole rings is 1. The Hall–Kier alpha value is -2.86. The van der Waals surface area contributed by atoms with Crippen molar-refractivity contribution in [3.8, 4) is 0 Å². The Labute approximate surface area is 142 Å². The van der Waals surface area contributed by atoms with Crippen LogP contribution in [0.5, 0.6) is 0 Å². The number of amides is 1. The van der Waals surface area contributed by atoms with Gasteiger partial charge in [0.05, 0.1) is 11.0 Å². The standard InChI is InChI=1S/C17H13ClN4O2/c18-10-1-2-13-12(9-10)21-16-15(14(23)5-8-22(13)16)17(24)20-11-3-6-19-7-4-11/h1-4,6-7,9,23H,5,8H2,(H,19,20,24). The predicted molar refractivity (Wildman–Crippen MR) is 91.8 cm³/mol. The summed E-state index contributed by atoms with van der Waals surface area (Å²) in [7, 11) is 0. The largest absolute Gasteiger partial charge is 0.511 e. The molecule has 2 N–H and O–H groups in total. The summed E-state index contributed by atoms with van der Waals surface area (Å²) in [6, 6.07) is 8.77. The molecule has 0 unspecified atom stereocenters. The molecule has 7 heteroatoms. The summed E-state index contributed by atoms with van der Waals surface area (Å²) in [5.41, 5.74) is 2.37. The first-order chi connectivity index (χ1) is 11.6. The molecule has 120 valence electrons. The second-order valence-corrected chi connectivity index (χ2v) is 5.92. The summed E-state index contributed by atoms with van der Waals surface area (Å²) >= 11 is 6.02. The third-order valence-corrected chi connectivity index (χ3v) is 4.20. The number of aryl methyl sites for hydroxylation is 1. The maximum absolute atomic E-state index is 12.7. The Morgan fingerprint density at radius 2 is 2.04 bits per heavy atom. The third-order valence-electron chi connectivity index (χ3n) is 3.96. The molecule has 6 nitrogen and oxygen atoms in total. The van der Waals surface area contributed by atoms with E-state index in [9.17, 15) is 9.90 Å². The highest BCUT2D eigenvalue weighted by molar-refractivity contribution is 6.31. The number of aromatic nitrogens is 3. The molecule has 0 aliphatic carbocycles. The number of fused-ring (bicyclic) bond motifs is 3. The molecule has 3 aromatic rings. The number of allylic oxidation sites excluding steroid dienone is 1. The highest BCUT2D eigenvalue weighted by Crippen LogP contribution is 2.31. The highest BCUT2D eigenvalue weighted by atomic mass is 35.5. The van der Waals surface area contributed by atoms with Crippen molar-refractivity contribution in [2.75, 3.05) is 5.32 Å². The molecular weight excluding hydrogens is 328 g/mol. The fourth-order valence-electron chi connectivity index (χ4n) is 2.85. The summed E-state index contributed by atoms with van der Waals surface area (Å²) in [5.74, 6) is 0.0825. The molecule has 0 saturated carbocycles. The van der Waals surface area contributed by atoms with Crippen LogP contribution in [0.15, 0.2) is 48.5 Å². The second-order valence-electron chi connectivity index (χ2n) is 5.48. The average Bonchev–Trinajstić information content (AvgIpc) is 2.92. The van der Waals surface area contributed by atoms with Gasteiger partial charge in [0.1, 0.15) is 17.2 Å². The molecule has 2 aromatic heterocycles. The number of nitrogens with zero attached hydrogens (tertiary/aromatic N) is 3. The van der Waals surface area contributed by atoms with Gasteiger partial charge in [0.15, 0.2) is 0 Å². The molecule has 1 amide bonds. The minimum absolute atomic E-state index is 0.0375. The van der Waals surface area contributed by atoms with Crippen LogP contribution >= 0.6 is 11.6 Å². The van der Waals surface area contributed by atoms with Gasteiger partial charge < -0.3 is 15.0 Å². The normalized spacial score (nSPS) is 13.9. The highest BCUT2D eigenvalue weighted by Gasteiger charge is 2.28. The molecule has 0 bridgehead atoms. The molecule has 4 rings (SSSR count). The number of carbonyl (C=O) groups excluding carboxylic acids is 1. The first-order valence-electron chi connectivity index (χ1n) is 7.43. The molecule has 0 atom stereocenters. The van der Waals surface area contributed by atoms with Crippen LogP contribution in [-0.4, -0.2) is 25.5 Å². The Balaban J connectivity index is 1.78. The van der Waals surface area contributed by atoms with Gasteiger partial charge in [0.25, 0.3) is 5.91 Å². The summed E-state index contributed by atoms with van der Waals surface area (Å²) in [5, 5.41) is 13.6. The molecule has 0 fully saturated rings. The van der Waals surface area contributed by atoms with Crippen LogP contribution in [0.25, 0.3) is 16.6 Å². The van der Waals surface area contributed by atoms with Gasteiger partial charge in [-0.1, -0.05) is 11.6 Å². The van der Waals surface area contributed by atoms with Crippen LogP contribution in [0, 0.1) is 0 Å². The molecule has 0 saturated heterocycles. The first kappa shape index (κ1) is 14.7. The van der Waals surface area contributed by atoms with E-state index in [4.69, 9.17) is 11.6 Å². The third kappa shape index (κ3) is 2.41. The Morgan fingerprint density at radius 1 is 1.25 bits per heavy atom. The van der Waals surface area contributed by atoms with Crippen LogP contribution in [0.1, 0.15) is 12.2 Å². The summed E-state index contributed by atoms with van der Waals surface area (Å²) < 4.78 is 1.92. The van der Waals surface area contributed by atoms with E-state index in [2.05, 4.69) is 15.3 Å². The molecule has 1 aliphatic heterocycles. The van der Waals surface area contributed by atoms with Crippen LogP contribution in [-0.2, 0) is 11.3 Å². The van der Waals surface area contributed by atoms with Crippen molar-refractivity contribution < 1.29 is 9.90 Å². The number of aliphatic hydroxyl groups excluding tert-OH is 1. The Bertz CT molecular complexity index is 979.